The first-order valence-electron chi connectivity index (χ1n) is 7.37. The summed E-state index contributed by atoms with van der Waals surface area (Å²) < 4.78 is 48.7. The van der Waals surface area contributed by atoms with Crippen molar-refractivity contribution < 1.29 is 21.6 Å². The fourth-order valence-corrected chi connectivity index (χ4v) is 4.51. The second-order valence-corrected chi connectivity index (χ2v) is 9.61. The topological polar surface area (TPSA) is 174 Å². The van der Waals surface area contributed by atoms with Crippen molar-refractivity contribution in [3.8, 4) is 0 Å². The number of anilines is 2. The van der Waals surface area contributed by atoms with Crippen LogP contribution in [0.5, 0.6) is 0 Å². The zero-order valence-corrected chi connectivity index (χ0v) is 16.3. The van der Waals surface area contributed by atoms with Crippen molar-refractivity contribution in [3.63, 3.8) is 0 Å². The minimum Gasteiger partial charge on any atom is -0.321 e. The van der Waals surface area contributed by atoms with E-state index in [1.807, 2.05) is 0 Å². The smallest absolute Gasteiger partial charge is 0.274 e. The molecule has 0 radical (unpaired) electrons. The van der Waals surface area contributed by atoms with Crippen LogP contribution in [0.4, 0.5) is 10.8 Å². The van der Waals surface area contributed by atoms with Gasteiger partial charge in [-0.2, -0.15) is 0 Å². The van der Waals surface area contributed by atoms with E-state index in [2.05, 4.69) is 25.2 Å². The number of amides is 1. The highest BCUT2D eigenvalue weighted by Gasteiger charge is 2.20. The van der Waals surface area contributed by atoms with Crippen molar-refractivity contribution in [2.24, 2.45) is 5.14 Å². The molecule has 146 valence electrons. The van der Waals surface area contributed by atoms with E-state index in [4.69, 9.17) is 5.14 Å². The first-order valence-corrected chi connectivity index (χ1v) is 11.2. The van der Waals surface area contributed by atoms with E-state index in [1.54, 1.807) is 12.1 Å². The summed E-state index contributed by atoms with van der Waals surface area (Å²) in [7, 11) is -8.12. The van der Waals surface area contributed by atoms with Gasteiger partial charge in [-0.15, -0.1) is 10.2 Å². The molecule has 0 aliphatic heterocycles. The Labute approximate surface area is 163 Å². The molecule has 1 amide bonds. The summed E-state index contributed by atoms with van der Waals surface area (Å²) in [6, 6.07) is 10.2. The fraction of sp³-hybridized carbons (Fsp3) is 0. The summed E-state index contributed by atoms with van der Waals surface area (Å²) in [5.74, 6) is -0.446. The van der Waals surface area contributed by atoms with Crippen LogP contribution in [-0.4, -0.2) is 37.9 Å². The Morgan fingerprint density at radius 1 is 1.00 bits per heavy atom. The SMILES string of the molecule is NS(=O)(=O)c1nnc(NS(=O)(=O)c2ccc(NC(=O)c3ccccn3)cc2)s1. The van der Waals surface area contributed by atoms with Crippen LogP contribution in [0.3, 0.4) is 0 Å². The Balaban J connectivity index is 1.73. The summed E-state index contributed by atoms with van der Waals surface area (Å²) in [6.07, 6.45) is 1.48. The molecule has 3 aromatic rings. The highest BCUT2D eigenvalue weighted by molar-refractivity contribution is 7.93. The number of pyridine rings is 1. The number of nitrogens with one attached hydrogen (secondary N) is 2. The highest BCUT2D eigenvalue weighted by Crippen LogP contribution is 2.23. The van der Waals surface area contributed by atoms with Gasteiger partial charge in [0.1, 0.15) is 5.69 Å². The molecule has 0 saturated carbocycles. The van der Waals surface area contributed by atoms with Gasteiger partial charge >= 0.3 is 0 Å². The molecule has 11 nitrogen and oxygen atoms in total. The van der Waals surface area contributed by atoms with E-state index in [0.29, 0.717) is 17.0 Å². The van der Waals surface area contributed by atoms with Crippen LogP contribution in [0.25, 0.3) is 0 Å². The molecular formula is C14H12N6O5S3. The maximum absolute atomic E-state index is 12.4. The predicted molar refractivity (Wildman–Crippen MR) is 101 cm³/mol. The number of sulfonamides is 2. The molecule has 0 fully saturated rings. The number of primary sulfonamides is 1. The van der Waals surface area contributed by atoms with Gasteiger partial charge in [0.15, 0.2) is 0 Å². The van der Waals surface area contributed by atoms with E-state index >= 15 is 0 Å². The fourth-order valence-electron chi connectivity index (χ4n) is 1.95. The second kappa shape index (κ2) is 7.59. The average molecular weight is 440 g/mol. The molecule has 0 aliphatic carbocycles. The van der Waals surface area contributed by atoms with Crippen molar-refractivity contribution in [1.82, 2.24) is 15.2 Å². The molecule has 0 spiro atoms. The van der Waals surface area contributed by atoms with Crippen LogP contribution < -0.4 is 15.2 Å². The van der Waals surface area contributed by atoms with Gasteiger partial charge in [0.25, 0.3) is 26.0 Å². The predicted octanol–water partition coefficient (Wildman–Crippen LogP) is 0.634. The summed E-state index contributed by atoms with van der Waals surface area (Å²) in [6.45, 7) is 0. The highest BCUT2D eigenvalue weighted by atomic mass is 32.2. The molecular weight excluding hydrogens is 428 g/mol. The minimum atomic E-state index is -4.08. The minimum absolute atomic E-state index is 0.129. The number of nitrogens with two attached hydrogens (primary N) is 1. The summed E-state index contributed by atoms with van der Waals surface area (Å²) in [5, 5.41) is 14.0. The van der Waals surface area contributed by atoms with Crippen LogP contribution in [-0.2, 0) is 20.0 Å². The van der Waals surface area contributed by atoms with E-state index in [9.17, 15) is 21.6 Å². The van der Waals surface area contributed by atoms with Crippen LogP contribution >= 0.6 is 11.3 Å². The number of benzene rings is 1. The number of carbonyl (C=O) groups excluding carboxylic acids is 1. The van der Waals surface area contributed by atoms with Gasteiger partial charge in [-0.05, 0) is 36.4 Å². The van der Waals surface area contributed by atoms with Gasteiger partial charge < -0.3 is 5.32 Å². The molecule has 0 saturated heterocycles. The molecule has 2 aromatic heterocycles. The number of aromatic nitrogens is 3. The van der Waals surface area contributed by atoms with Crippen molar-refractivity contribution >= 4 is 48.1 Å². The maximum atomic E-state index is 12.4. The Morgan fingerprint density at radius 2 is 1.71 bits per heavy atom. The lowest BCUT2D eigenvalue weighted by Gasteiger charge is -2.07. The van der Waals surface area contributed by atoms with Crippen molar-refractivity contribution in [2.45, 2.75) is 9.24 Å². The average Bonchev–Trinajstić information content (AvgIpc) is 3.11. The lowest BCUT2D eigenvalue weighted by Crippen LogP contribution is -2.14. The maximum Gasteiger partial charge on any atom is 0.274 e. The molecule has 3 rings (SSSR count). The molecule has 2 heterocycles. The lowest BCUT2D eigenvalue weighted by atomic mass is 10.3. The number of carbonyl (C=O) groups is 1. The van der Waals surface area contributed by atoms with Gasteiger partial charge in [0.2, 0.25) is 9.47 Å². The van der Waals surface area contributed by atoms with E-state index < -0.39 is 30.3 Å². The Kier molecular flexibility index (Phi) is 5.37. The van der Waals surface area contributed by atoms with Crippen LogP contribution in [0.2, 0.25) is 0 Å². The van der Waals surface area contributed by atoms with Gasteiger partial charge in [-0.1, -0.05) is 17.4 Å². The van der Waals surface area contributed by atoms with Crippen molar-refractivity contribution in [2.75, 3.05) is 10.0 Å². The zero-order valence-electron chi connectivity index (χ0n) is 13.8. The quantitative estimate of drug-likeness (QED) is 0.500. The Bertz CT molecular complexity index is 1210. The molecule has 0 unspecified atom stereocenters. The number of hydrogen-bond donors (Lipinski definition) is 3. The first-order chi connectivity index (χ1) is 13.1. The standard InChI is InChI=1S/C14H12N6O5S3/c15-27(22,23)14-19-18-13(26-14)20-28(24,25)10-6-4-9(5-7-10)17-12(21)11-3-1-2-8-16-11/h1-8H,(H,17,21)(H,18,20)(H2,15,22,23). The summed E-state index contributed by atoms with van der Waals surface area (Å²) in [4.78, 5) is 15.8. The van der Waals surface area contributed by atoms with E-state index in [1.165, 1.54) is 36.5 Å². The van der Waals surface area contributed by atoms with Gasteiger partial charge in [0, 0.05) is 11.9 Å². The zero-order chi connectivity index (χ0) is 20.4. The lowest BCUT2D eigenvalue weighted by molar-refractivity contribution is 0.102. The molecule has 0 aliphatic rings. The molecule has 28 heavy (non-hydrogen) atoms. The van der Waals surface area contributed by atoms with Crippen molar-refractivity contribution in [1.29, 1.82) is 0 Å². The van der Waals surface area contributed by atoms with Crippen LogP contribution in [0.15, 0.2) is 57.9 Å². The number of rotatable bonds is 6. The Hall–Kier alpha value is -2.94. The third-order valence-corrected chi connectivity index (χ3v) is 6.82. The van der Waals surface area contributed by atoms with Crippen molar-refractivity contribution in [3.05, 3.63) is 54.4 Å². The normalized spacial score (nSPS) is 11.8. The monoisotopic (exact) mass is 440 g/mol. The second-order valence-electron chi connectivity index (χ2n) is 5.22. The molecule has 0 bridgehead atoms. The van der Waals surface area contributed by atoms with Gasteiger partial charge in [0.05, 0.1) is 4.90 Å². The van der Waals surface area contributed by atoms with E-state index in [0.717, 1.165) is 0 Å². The van der Waals surface area contributed by atoms with Gasteiger partial charge in [-0.25, -0.2) is 22.0 Å². The molecule has 0 atom stereocenters. The Morgan fingerprint density at radius 3 is 2.29 bits per heavy atom. The third kappa shape index (κ3) is 4.66. The summed E-state index contributed by atoms with van der Waals surface area (Å²) in [5.41, 5.74) is 0.574. The van der Waals surface area contributed by atoms with Gasteiger partial charge in [-0.3, -0.25) is 14.5 Å². The number of nitrogens with zero attached hydrogens (tertiary/aromatic N) is 3. The van der Waals surface area contributed by atoms with Crippen LogP contribution in [0.1, 0.15) is 10.5 Å². The summed E-state index contributed by atoms with van der Waals surface area (Å²) >= 11 is 0.481. The molecule has 1 aromatic carbocycles. The van der Waals surface area contributed by atoms with E-state index in [-0.39, 0.29) is 15.7 Å². The molecule has 4 N–H and O–H groups in total. The molecule has 14 heteroatoms. The van der Waals surface area contributed by atoms with Crippen LogP contribution in [0, 0.1) is 0 Å². The third-order valence-electron chi connectivity index (χ3n) is 3.19. The largest absolute Gasteiger partial charge is 0.321 e. The number of hydrogen-bond acceptors (Lipinski definition) is 9. The first kappa shape index (κ1) is 19.8.